The summed E-state index contributed by atoms with van der Waals surface area (Å²) >= 11 is 3.82. The van der Waals surface area contributed by atoms with E-state index in [0.29, 0.717) is 19.4 Å². The van der Waals surface area contributed by atoms with Crippen LogP contribution in [0.4, 0.5) is 0 Å². The Morgan fingerprint density at radius 2 is 1.79 bits per heavy atom. The van der Waals surface area contributed by atoms with Gasteiger partial charge in [-0.1, -0.05) is 56.3 Å². The smallest absolute Gasteiger partial charge is 0.144 e. The molecule has 33 heavy (non-hydrogen) atoms. The molecule has 1 aromatic heterocycles. The Morgan fingerprint density at radius 1 is 1.06 bits per heavy atom. The predicted molar refractivity (Wildman–Crippen MR) is 139 cm³/mol. The average molecular weight is 511 g/mol. The summed E-state index contributed by atoms with van der Waals surface area (Å²) in [6, 6.07) is 16.0. The molecular weight excluding hydrogens is 474 g/mol. The molecule has 0 radical (unpaired) electrons. The fourth-order valence-electron chi connectivity index (χ4n) is 5.18. The maximum absolute atomic E-state index is 5.95. The minimum Gasteiger partial charge on any atom is -0.361 e. The molecule has 0 fully saturated rings. The number of aryl methyl sites for hydroxylation is 3. The highest BCUT2D eigenvalue weighted by molar-refractivity contribution is 9.10. The first kappa shape index (κ1) is 24.2. The second-order valence-corrected chi connectivity index (χ2v) is 9.65. The standard InChI is InChI=1S/C28H36BrN3O/c1-5-20-13-10-14-21(6-2)26(20)28-30-27(29)25(32(28)19-33-7-3)18-31(4)24-17-11-15-22-12-8-9-16-23(22)24/h8-10,12-14,16,24H,5-7,11,15,17-19H2,1-4H3. The number of fused-ring (bicyclic) bond motifs is 1. The van der Waals surface area contributed by atoms with Gasteiger partial charge in [-0.05, 0) is 84.3 Å². The van der Waals surface area contributed by atoms with Gasteiger partial charge in [0, 0.05) is 24.8 Å². The molecule has 4 rings (SSSR count). The van der Waals surface area contributed by atoms with Crippen LogP contribution in [0.5, 0.6) is 0 Å². The molecule has 176 valence electrons. The summed E-state index contributed by atoms with van der Waals surface area (Å²) in [6.07, 6.45) is 5.58. The molecule has 2 aromatic carbocycles. The zero-order chi connectivity index (χ0) is 23.4. The fraction of sp³-hybridized carbons (Fsp3) is 0.464. The van der Waals surface area contributed by atoms with Gasteiger partial charge in [0.2, 0.25) is 0 Å². The van der Waals surface area contributed by atoms with Gasteiger partial charge in [0.25, 0.3) is 0 Å². The third-order valence-electron chi connectivity index (χ3n) is 6.94. The molecule has 3 aromatic rings. The molecule has 1 heterocycles. The third kappa shape index (κ3) is 4.96. The topological polar surface area (TPSA) is 30.3 Å². The number of nitrogens with zero attached hydrogens (tertiary/aromatic N) is 3. The molecule has 1 atom stereocenters. The van der Waals surface area contributed by atoms with Gasteiger partial charge >= 0.3 is 0 Å². The van der Waals surface area contributed by atoms with E-state index in [1.165, 1.54) is 52.8 Å². The van der Waals surface area contributed by atoms with Crippen LogP contribution in [0.1, 0.15) is 67.6 Å². The maximum atomic E-state index is 5.95. The quantitative estimate of drug-likeness (QED) is 0.312. The van der Waals surface area contributed by atoms with Crippen molar-refractivity contribution in [3.63, 3.8) is 0 Å². The normalized spacial score (nSPS) is 15.8. The first-order valence-corrected chi connectivity index (χ1v) is 13.1. The van der Waals surface area contributed by atoms with Crippen molar-refractivity contribution >= 4 is 15.9 Å². The van der Waals surface area contributed by atoms with E-state index in [2.05, 4.69) is 88.8 Å². The van der Waals surface area contributed by atoms with Gasteiger partial charge in [-0.3, -0.25) is 4.90 Å². The van der Waals surface area contributed by atoms with Crippen LogP contribution >= 0.6 is 15.9 Å². The van der Waals surface area contributed by atoms with Crippen molar-refractivity contribution in [2.24, 2.45) is 0 Å². The van der Waals surface area contributed by atoms with Crippen LogP contribution in [0.3, 0.4) is 0 Å². The van der Waals surface area contributed by atoms with Crippen molar-refractivity contribution in [3.8, 4) is 11.4 Å². The largest absolute Gasteiger partial charge is 0.361 e. The van der Waals surface area contributed by atoms with Crippen LogP contribution in [0.2, 0.25) is 0 Å². The van der Waals surface area contributed by atoms with E-state index >= 15 is 0 Å². The molecule has 0 amide bonds. The van der Waals surface area contributed by atoms with Crippen molar-refractivity contribution in [2.75, 3.05) is 13.7 Å². The molecule has 0 bridgehead atoms. The number of rotatable bonds is 9. The predicted octanol–water partition coefficient (Wildman–Crippen LogP) is 6.94. The summed E-state index contributed by atoms with van der Waals surface area (Å²) in [7, 11) is 2.24. The second-order valence-electron chi connectivity index (χ2n) is 8.90. The molecule has 5 heteroatoms. The van der Waals surface area contributed by atoms with Gasteiger partial charge < -0.3 is 9.30 Å². The van der Waals surface area contributed by atoms with Gasteiger partial charge in [0.15, 0.2) is 0 Å². The summed E-state index contributed by atoms with van der Waals surface area (Å²) in [4.78, 5) is 7.55. The highest BCUT2D eigenvalue weighted by Gasteiger charge is 2.27. The lowest BCUT2D eigenvalue weighted by atomic mass is 9.87. The molecule has 1 aliphatic rings. The zero-order valence-electron chi connectivity index (χ0n) is 20.4. The first-order chi connectivity index (χ1) is 16.1. The van der Waals surface area contributed by atoms with Crippen LogP contribution in [0.25, 0.3) is 11.4 Å². The monoisotopic (exact) mass is 509 g/mol. The van der Waals surface area contributed by atoms with Gasteiger partial charge in [-0.25, -0.2) is 4.98 Å². The molecular formula is C28H36BrN3O. The molecule has 1 aliphatic carbocycles. The van der Waals surface area contributed by atoms with E-state index < -0.39 is 0 Å². The lowest BCUT2D eigenvalue weighted by Gasteiger charge is -2.33. The Bertz CT molecular complexity index is 1070. The van der Waals surface area contributed by atoms with Crippen LogP contribution in [-0.2, 0) is 37.3 Å². The van der Waals surface area contributed by atoms with Crippen LogP contribution in [-0.4, -0.2) is 28.1 Å². The maximum Gasteiger partial charge on any atom is 0.144 e. The van der Waals surface area contributed by atoms with Gasteiger partial charge in [-0.2, -0.15) is 0 Å². The van der Waals surface area contributed by atoms with Gasteiger partial charge in [0.05, 0.1) is 5.69 Å². The number of hydrogen-bond donors (Lipinski definition) is 0. The number of halogens is 1. The van der Waals surface area contributed by atoms with E-state index in [9.17, 15) is 0 Å². The van der Waals surface area contributed by atoms with E-state index in [0.717, 1.165) is 29.8 Å². The lowest BCUT2D eigenvalue weighted by Crippen LogP contribution is -2.28. The second kappa shape index (κ2) is 11.0. The third-order valence-corrected chi connectivity index (χ3v) is 7.57. The number of benzene rings is 2. The Morgan fingerprint density at radius 3 is 2.48 bits per heavy atom. The van der Waals surface area contributed by atoms with Crippen molar-refractivity contribution in [3.05, 3.63) is 75.0 Å². The van der Waals surface area contributed by atoms with Crippen molar-refractivity contribution in [1.82, 2.24) is 14.5 Å². The minimum atomic E-state index is 0.426. The van der Waals surface area contributed by atoms with Crippen LogP contribution < -0.4 is 0 Å². The van der Waals surface area contributed by atoms with Crippen molar-refractivity contribution < 1.29 is 4.74 Å². The number of hydrogen-bond acceptors (Lipinski definition) is 3. The minimum absolute atomic E-state index is 0.426. The molecule has 0 N–H and O–H groups in total. The highest BCUT2D eigenvalue weighted by Crippen LogP contribution is 2.37. The first-order valence-electron chi connectivity index (χ1n) is 12.3. The Hall–Kier alpha value is -1.95. The molecule has 0 saturated carbocycles. The van der Waals surface area contributed by atoms with E-state index in [-0.39, 0.29) is 0 Å². The zero-order valence-corrected chi connectivity index (χ0v) is 22.0. The summed E-state index contributed by atoms with van der Waals surface area (Å²) in [5.74, 6) is 1.01. The fourth-order valence-corrected chi connectivity index (χ4v) is 5.69. The number of aromatic nitrogens is 2. The molecule has 0 spiro atoms. The molecule has 1 unspecified atom stereocenters. The van der Waals surface area contributed by atoms with Crippen molar-refractivity contribution in [1.29, 1.82) is 0 Å². The number of ether oxygens (including phenoxy) is 1. The Kier molecular flexibility index (Phi) is 8.05. The van der Waals surface area contributed by atoms with Crippen molar-refractivity contribution in [2.45, 2.75) is 72.2 Å². The molecule has 0 saturated heterocycles. The summed E-state index contributed by atoms with van der Waals surface area (Å²) in [5, 5.41) is 0. The van der Waals surface area contributed by atoms with E-state index in [1.54, 1.807) is 0 Å². The van der Waals surface area contributed by atoms with E-state index in [4.69, 9.17) is 9.72 Å². The Balaban J connectivity index is 1.74. The lowest BCUT2D eigenvalue weighted by molar-refractivity contribution is 0.0842. The Labute approximate surface area is 207 Å². The summed E-state index contributed by atoms with van der Waals surface area (Å²) in [6.45, 7) is 8.49. The SMILES string of the molecule is CCOCn1c(-c2c(CC)cccc2CC)nc(Br)c1CN(C)C1CCCc2ccccc21. The van der Waals surface area contributed by atoms with Crippen LogP contribution in [0, 0.1) is 0 Å². The van der Waals surface area contributed by atoms with E-state index in [1.807, 2.05) is 6.92 Å². The average Bonchev–Trinajstić information content (AvgIpc) is 3.15. The number of imidazole rings is 1. The van der Waals surface area contributed by atoms with Gasteiger partial charge in [-0.15, -0.1) is 0 Å². The summed E-state index contributed by atoms with van der Waals surface area (Å²) < 4.78 is 9.15. The van der Waals surface area contributed by atoms with Gasteiger partial charge in [0.1, 0.15) is 17.2 Å². The molecule has 4 nitrogen and oxygen atoms in total. The highest BCUT2D eigenvalue weighted by atomic mass is 79.9. The summed E-state index contributed by atoms with van der Waals surface area (Å²) in [5.41, 5.74) is 8.09. The van der Waals surface area contributed by atoms with Crippen LogP contribution in [0.15, 0.2) is 47.1 Å². The molecule has 0 aliphatic heterocycles.